The number of unbranched alkanes of at least 4 members (excludes halogenated alkanes) is 1. The predicted molar refractivity (Wildman–Crippen MR) is 151 cm³/mol. The van der Waals surface area contributed by atoms with Gasteiger partial charge in [0.15, 0.2) is 0 Å². The molecule has 0 aliphatic carbocycles. The van der Waals surface area contributed by atoms with E-state index in [4.69, 9.17) is 17.3 Å². The maximum absolute atomic E-state index is 13.7. The van der Waals surface area contributed by atoms with Crippen LogP contribution in [0, 0.1) is 0 Å². The Morgan fingerprint density at radius 3 is 1.80 bits per heavy atom. The predicted octanol–water partition coefficient (Wildman–Crippen LogP) is 7.68. The Kier molecular flexibility index (Phi) is 11.7. The molecule has 0 aliphatic heterocycles. The van der Waals surface area contributed by atoms with Gasteiger partial charge in [0.2, 0.25) is 0 Å². The maximum atomic E-state index is 13.7. The smallest absolute Gasteiger partial charge is 0.433 e. The molecule has 0 saturated carbocycles. The van der Waals surface area contributed by atoms with E-state index in [0.717, 1.165) is 10.5 Å². The molecule has 2 radical (unpaired) electrons. The summed E-state index contributed by atoms with van der Waals surface area (Å²) < 4.78 is 91.0. The van der Waals surface area contributed by atoms with Crippen molar-refractivity contribution in [2.24, 2.45) is 9.98 Å². The third-order valence-electron chi connectivity index (χ3n) is 5.78. The van der Waals surface area contributed by atoms with Gasteiger partial charge >= 0.3 is 12.4 Å². The molecule has 3 aromatic rings. The highest BCUT2D eigenvalue weighted by molar-refractivity contribution is 7.99. The number of aryl methyl sites for hydroxylation is 1. The van der Waals surface area contributed by atoms with Crippen LogP contribution in [0.15, 0.2) is 87.7 Å². The van der Waals surface area contributed by atoms with E-state index < -0.39 is 30.2 Å². The molecule has 0 bridgehead atoms. The lowest BCUT2D eigenvalue weighted by molar-refractivity contribution is -0.0590. The van der Waals surface area contributed by atoms with E-state index >= 15 is 0 Å². The molecular formula is C29H27BF6N2O2S. The van der Waals surface area contributed by atoms with Gasteiger partial charge in [0, 0.05) is 22.5 Å². The number of hydrogen-bond acceptors (Lipinski definition) is 5. The van der Waals surface area contributed by atoms with Crippen LogP contribution in [0.1, 0.15) is 29.5 Å². The number of thioether (sulfide) groups is 1. The molecule has 3 aromatic carbocycles. The van der Waals surface area contributed by atoms with Gasteiger partial charge in [0.1, 0.15) is 22.9 Å². The minimum atomic E-state index is -4.62. The zero-order chi connectivity index (χ0) is 29.9. The molecule has 3 rings (SSSR count). The summed E-state index contributed by atoms with van der Waals surface area (Å²) in [6, 6.07) is 18.5. The van der Waals surface area contributed by atoms with Crippen LogP contribution in [0.25, 0.3) is 0 Å². The van der Waals surface area contributed by atoms with Gasteiger partial charge in [0.25, 0.3) is 0 Å². The van der Waals surface area contributed by atoms with Crippen LogP contribution in [0.4, 0.5) is 26.3 Å². The van der Waals surface area contributed by atoms with E-state index in [-0.39, 0.29) is 17.0 Å². The van der Waals surface area contributed by atoms with Crippen molar-refractivity contribution in [1.82, 2.24) is 0 Å². The molecule has 0 N–H and O–H groups in total. The van der Waals surface area contributed by atoms with Gasteiger partial charge in [-0.1, -0.05) is 24.3 Å². The summed E-state index contributed by atoms with van der Waals surface area (Å²) in [6.07, 6.45) is -7.69. The van der Waals surface area contributed by atoms with Crippen LogP contribution in [-0.2, 0) is 6.42 Å². The molecule has 0 fully saturated rings. The second-order valence-electron chi connectivity index (χ2n) is 8.67. The number of hydrogen-bond donors (Lipinski definition) is 0. The fraction of sp³-hybridized carbons (Fsp3) is 0.310. The van der Waals surface area contributed by atoms with Crippen LogP contribution >= 0.6 is 11.8 Å². The zero-order valence-electron chi connectivity index (χ0n) is 22.1. The molecular weight excluding hydrogens is 565 g/mol. The van der Waals surface area contributed by atoms with Gasteiger partial charge in [-0.2, -0.15) is 26.3 Å². The lowest BCUT2D eigenvalue weighted by Crippen LogP contribution is -2.24. The van der Waals surface area contributed by atoms with Crippen LogP contribution in [0.2, 0.25) is 0 Å². The number of methoxy groups -OCH3 is 1. The third-order valence-corrected chi connectivity index (χ3v) is 6.65. The summed E-state index contributed by atoms with van der Waals surface area (Å²) in [4.78, 5) is 7.92. The summed E-state index contributed by atoms with van der Waals surface area (Å²) in [5.41, 5.74) is -1.22. The highest BCUT2D eigenvalue weighted by atomic mass is 32.2. The number of ether oxygens (including phenoxy) is 2. The van der Waals surface area contributed by atoms with Crippen molar-refractivity contribution < 1.29 is 35.8 Å². The SMILES string of the molecule is [B]C/N=C(/c1ccc(CCCCOc2ccc(/C(=N/CSc3ccc(OC)cc3)C(F)(F)F)cc2)cc1)C(F)(F)F. The largest absolute Gasteiger partial charge is 0.497 e. The average molecular weight is 592 g/mol. The van der Waals surface area contributed by atoms with E-state index in [2.05, 4.69) is 9.98 Å². The van der Waals surface area contributed by atoms with Gasteiger partial charge < -0.3 is 9.47 Å². The minimum Gasteiger partial charge on any atom is -0.497 e. The van der Waals surface area contributed by atoms with Crippen molar-refractivity contribution in [3.05, 3.63) is 89.5 Å². The summed E-state index contributed by atoms with van der Waals surface area (Å²) in [5, 5.41) is 0. The number of halogens is 6. The van der Waals surface area contributed by atoms with Crippen molar-refractivity contribution >= 4 is 31.0 Å². The Morgan fingerprint density at radius 1 is 0.732 bits per heavy atom. The summed E-state index contributed by atoms with van der Waals surface area (Å²) >= 11 is 1.18. The summed E-state index contributed by atoms with van der Waals surface area (Å²) in [6.45, 7) is 0.331. The second-order valence-corrected chi connectivity index (χ2v) is 9.69. The fourth-order valence-corrected chi connectivity index (χ4v) is 4.45. The monoisotopic (exact) mass is 592 g/mol. The van der Waals surface area contributed by atoms with Crippen molar-refractivity contribution in [3.8, 4) is 11.5 Å². The quantitative estimate of drug-likeness (QED) is 0.0673. The lowest BCUT2D eigenvalue weighted by Gasteiger charge is -2.12. The highest BCUT2D eigenvalue weighted by Crippen LogP contribution is 2.27. The molecule has 0 unspecified atom stereocenters. The normalized spacial score (nSPS) is 12.9. The van der Waals surface area contributed by atoms with Crippen molar-refractivity contribution in [1.29, 1.82) is 0 Å². The standard InChI is InChI=1S/C29H27BF6N2O2S/c1-39-23-13-15-25(16-14-23)41-19-38-27(29(34,35)36)22-9-11-24(12-10-22)40-17-3-2-4-20-5-7-21(8-6-20)26(37-18-30)28(31,32)33/h5-16H,2-4,17-19H2,1H3/b37-26-,38-27-. The van der Waals surface area contributed by atoms with Crippen LogP contribution in [-0.4, -0.2) is 57.7 Å². The molecule has 0 heterocycles. The fourth-order valence-electron chi connectivity index (χ4n) is 3.78. The Morgan fingerprint density at radius 2 is 1.27 bits per heavy atom. The molecule has 0 atom stereocenters. The molecule has 216 valence electrons. The van der Waals surface area contributed by atoms with E-state index in [1.165, 1.54) is 55.3 Å². The number of aliphatic imine (C=N–C) groups is 2. The maximum Gasteiger partial charge on any atom is 0.433 e. The number of rotatable bonds is 13. The van der Waals surface area contributed by atoms with Crippen LogP contribution < -0.4 is 9.47 Å². The molecule has 41 heavy (non-hydrogen) atoms. The first-order valence-corrected chi connectivity index (χ1v) is 13.5. The molecule has 0 amide bonds. The molecule has 0 aliphatic rings. The average Bonchev–Trinajstić information content (AvgIpc) is 2.94. The van der Waals surface area contributed by atoms with Gasteiger partial charge in [-0.25, -0.2) is 0 Å². The van der Waals surface area contributed by atoms with Crippen LogP contribution in [0.5, 0.6) is 11.5 Å². The highest BCUT2D eigenvalue weighted by Gasteiger charge is 2.37. The topological polar surface area (TPSA) is 43.2 Å². The molecule has 0 saturated heterocycles. The first-order chi connectivity index (χ1) is 19.5. The summed E-state index contributed by atoms with van der Waals surface area (Å²) in [5.74, 6) is 0.973. The van der Waals surface area contributed by atoms with E-state index in [1.54, 1.807) is 36.4 Å². The Labute approximate surface area is 240 Å². The minimum absolute atomic E-state index is 0.0480. The number of nitrogens with zero attached hydrogens (tertiary/aromatic N) is 2. The Hall–Kier alpha value is -3.41. The first-order valence-electron chi connectivity index (χ1n) is 12.5. The van der Waals surface area contributed by atoms with E-state index in [9.17, 15) is 26.3 Å². The number of benzene rings is 3. The second kappa shape index (κ2) is 15.0. The molecule has 12 heteroatoms. The Bertz CT molecular complexity index is 1290. The Balaban J connectivity index is 1.48. The van der Waals surface area contributed by atoms with Crippen molar-refractivity contribution in [2.75, 3.05) is 26.0 Å². The molecule has 0 spiro atoms. The van der Waals surface area contributed by atoms with Gasteiger partial charge in [-0.15, -0.1) is 11.8 Å². The first kappa shape index (κ1) is 32.1. The van der Waals surface area contributed by atoms with E-state index in [1.807, 2.05) is 0 Å². The number of alkyl halides is 6. The van der Waals surface area contributed by atoms with Gasteiger partial charge in [-0.3, -0.25) is 9.98 Å². The molecule has 0 aromatic heterocycles. The van der Waals surface area contributed by atoms with Crippen molar-refractivity contribution in [3.63, 3.8) is 0 Å². The third kappa shape index (κ3) is 10.2. The van der Waals surface area contributed by atoms with Crippen LogP contribution in [0.3, 0.4) is 0 Å². The van der Waals surface area contributed by atoms with E-state index in [0.29, 0.717) is 37.4 Å². The van der Waals surface area contributed by atoms with Gasteiger partial charge in [0.05, 0.1) is 27.4 Å². The summed E-state index contributed by atoms with van der Waals surface area (Å²) in [7, 11) is 6.69. The van der Waals surface area contributed by atoms with Gasteiger partial charge in [-0.05, 0) is 73.4 Å². The van der Waals surface area contributed by atoms with Crippen molar-refractivity contribution in [2.45, 2.75) is 36.5 Å². The molecule has 4 nitrogen and oxygen atoms in total. The zero-order valence-corrected chi connectivity index (χ0v) is 23.0. The lowest BCUT2D eigenvalue weighted by atomic mass is 10.0.